The van der Waals surface area contributed by atoms with Gasteiger partial charge in [-0.1, -0.05) is 0 Å². The molecular weight excluding hydrogens is 236 g/mol. The first kappa shape index (κ1) is 13.0. The van der Waals surface area contributed by atoms with E-state index >= 15 is 0 Å². The number of nitrogens with one attached hydrogen (secondary N) is 1. The summed E-state index contributed by atoms with van der Waals surface area (Å²) in [4.78, 5) is 21.9. The minimum absolute atomic E-state index is 0.321. The second-order valence-corrected chi connectivity index (χ2v) is 3.10. The SMILES string of the molecule is COCC(=O)Nc1cc(F)c(F)cc1C(=O)O. The minimum Gasteiger partial charge on any atom is -0.478 e. The highest BCUT2D eigenvalue weighted by atomic mass is 19.2. The van der Waals surface area contributed by atoms with Crippen LogP contribution in [0.2, 0.25) is 0 Å². The normalized spacial score (nSPS) is 10.1. The van der Waals surface area contributed by atoms with Crippen molar-refractivity contribution in [2.24, 2.45) is 0 Å². The highest BCUT2D eigenvalue weighted by Crippen LogP contribution is 2.20. The summed E-state index contributed by atoms with van der Waals surface area (Å²) in [7, 11) is 1.27. The van der Waals surface area contributed by atoms with Gasteiger partial charge in [0.05, 0.1) is 11.3 Å². The molecule has 92 valence electrons. The number of ether oxygens (including phenoxy) is 1. The molecule has 5 nitrogen and oxygen atoms in total. The molecule has 0 aliphatic rings. The molecule has 0 saturated carbocycles. The van der Waals surface area contributed by atoms with Crippen molar-refractivity contribution in [3.05, 3.63) is 29.3 Å². The Morgan fingerprint density at radius 2 is 1.94 bits per heavy atom. The molecule has 0 radical (unpaired) electrons. The molecule has 0 spiro atoms. The lowest BCUT2D eigenvalue weighted by atomic mass is 10.1. The molecule has 17 heavy (non-hydrogen) atoms. The number of aromatic carboxylic acids is 1. The summed E-state index contributed by atoms with van der Waals surface area (Å²) in [5, 5.41) is 10.9. The Morgan fingerprint density at radius 1 is 1.35 bits per heavy atom. The van der Waals surface area contributed by atoms with Gasteiger partial charge in [0.2, 0.25) is 5.91 Å². The van der Waals surface area contributed by atoms with Crippen LogP contribution < -0.4 is 5.32 Å². The van der Waals surface area contributed by atoms with E-state index in [1.807, 2.05) is 0 Å². The van der Waals surface area contributed by atoms with Crippen LogP contribution >= 0.6 is 0 Å². The molecule has 7 heteroatoms. The summed E-state index contributed by atoms with van der Waals surface area (Å²) in [6.07, 6.45) is 0. The number of benzene rings is 1. The summed E-state index contributed by atoms with van der Waals surface area (Å²) in [5.74, 6) is -4.69. The number of carbonyl (C=O) groups is 2. The molecule has 0 aliphatic carbocycles. The fourth-order valence-corrected chi connectivity index (χ4v) is 1.14. The van der Waals surface area contributed by atoms with Crippen molar-refractivity contribution in [1.29, 1.82) is 0 Å². The van der Waals surface area contributed by atoms with Crippen LogP contribution in [0, 0.1) is 11.6 Å². The van der Waals surface area contributed by atoms with E-state index < -0.39 is 29.1 Å². The molecule has 1 aromatic carbocycles. The van der Waals surface area contributed by atoms with Crippen LogP contribution in [0.15, 0.2) is 12.1 Å². The summed E-state index contributed by atoms with van der Waals surface area (Å²) >= 11 is 0. The smallest absolute Gasteiger partial charge is 0.337 e. The Labute approximate surface area is 95.0 Å². The Kier molecular flexibility index (Phi) is 4.11. The van der Waals surface area contributed by atoms with Crippen LogP contribution in [0.4, 0.5) is 14.5 Å². The number of carboxylic acids is 1. The zero-order valence-electron chi connectivity index (χ0n) is 8.79. The van der Waals surface area contributed by atoms with Gasteiger partial charge in [-0.3, -0.25) is 4.79 Å². The molecular formula is C10H9F2NO4. The summed E-state index contributed by atoms with van der Waals surface area (Å²) in [6.45, 7) is -0.321. The maximum Gasteiger partial charge on any atom is 0.337 e. The Bertz CT molecular complexity index is 462. The zero-order valence-corrected chi connectivity index (χ0v) is 8.79. The van der Waals surface area contributed by atoms with E-state index in [4.69, 9.17) is 5.11 Å². The van der Waals surface area contributed by atoms with Crippen LogP contribution in [0.1, 0.15) is 10.4 Å². The molecule has 0 fully saturated rings. The summed E-state index contributed by atoms with van der Waals surface area (Å²) < 4.78 is 30.2. The maximum absolute atomic E-state index is 12.9. The van der Waals surface area contributed by atoms with Crippen molar-refractivity contribution in [1.82, 2.24) is 0 Å². The van der Waals surface area contributed by atoms with Crippen molar-refractivity contribution in [2.75, 3.05) is 19.0 Å². The highest BCUT2D eigenvalue weighted by molar-refractivity contribution is 6.00. The molecule has 0 atom stereocenters. The van der Waals surface area contributed by atoms with Crippen LogP contribution in [0.5, 0.6) is 0 Å². The van der Waals surface area contributed by atoms with Gasteiger partial charge in [-0.25, -0.2) is 13.6 Å². The van der Waals surface area contributed by atoms with Gasteiger partial charge in [-0.05, 0) is 6.07 Å². The average Bonchev–Trinajstić information content (AvgIpc) is 2.23. The number of carbonyl (C=O) groups excluding carboxylic acids is 1. The largest absolute Gasteiger partial charge is 0.478 e. The van der Waals surface area contributed by atoms with Gasteiger partial charge in [0.25, 0.3) is 0 Å². The van der Waals surface area contributed by atoms with E-state index in [1.165, 1.54) is 7.11 Å². The molecule has 0 heterocycles. The van der Waals surface area contributed by atoms with Gasteiger partial charge in [0.15, 0.2) is 11.6 Å². The summed E-state index contributed by atoms with van der Waals surface area (Å²) in [6, 6.07) is 1.10. The Morgan fingerprint density at radius 3 is 2.47 bits per heavy atom. The van der Waals surface area contributed by atoms with E-state index in [2.05, 4.69) is 10.1 Å². The van der Waals surface area contributed by atoms with Gasteiger partial charge in [-0.2, -0.15) is 0 Å². The molecule has 1 aromatic rings. The number of rotatable bonds is 4. The molecule has 2 N–H and O–H groups in total. The molecule has 0 aromatic heterocycles. The predicted molar refractivity (Wildman–Crippen MR) is 53.8 cm³/mol. The maximum atomic E-state index is 12.9. The first-order valence-corrected chi connectivity index (χ1v) is 4.46. The third-order valence-corrected chi connectivity index (χ3v) is 1.84. The van der Waals surface area contributed by atoms with Crippen molar-refractivity contribution in [2.45, 2.75) is 0 Å². The third-order valence-electron chi connectivity index (χ3n) is 1.84. The van der Waals surface area contributed by atoms with Crippen LogP contribution in [-0.4, -0.2) is 30.7 Å². The number of carboxylic acid groups (broad SMARTS) is 1. The first-order chi connectivity index (χ1) is 7.95. The lowest BCUT2D eigenvalue weighted by molar-refractivity contribution is -0.119. The molecule has 1 rings (SSSR count). The number of hydrogen-bond donors (Lipinski definition) is 2. The van der Waals surface area contributed by atoms with Gasteiger partial charge < -0.3 is 15.2 Å². The van der Waals surface area contributed by atoms with Gasteiger partial charge >= 0.3 is 5.97 Å². The van der Waals surface area contributed by atoms with E-state index in [9.17, 15) is 18.4 Å². The Balaban J connectivity index is 3.08. The number of methoxy groups -OCH3 is 1. The van der Waals surface area contributed by atoms with E-state index in [1.54, 1.807) is 0 Å². The molecule has 0 saturated heterocycles. The molecule has 0 unspecified atom stereocenters. The predicted octanol–water partition coefficient (Wildman–Crippen LogP) is 1.25. The van der Waals surface area contributed by atoms with Gasteiger partial charge in [0.1, 0.15) is 6.61 Å². The third kappa shape index (κ3) is 3.22. The lowest BCUT2D eigenvalue weighted by Crippen LogP contribution is -2.19. The van der Waals surface area contributed by atoms with E-state index in [-0.39, 0.29) is 12.3 Å². The van der Waals surface area contributed by atoms with Gasteiger partial charge in [0, 0.05) is 13.2 Å². The fraction of sp³-hybridized carbons (Fsp3) is 0.200. The van der Waals surface area contributed by atoms with E-state index in [0.29, 0.717) is 12.1 Å². The molecule has 0 aliphatic heterocycles. The van der Waals surface area contributed by atoms with Crippen LogP contribution in [-0.2, 0) is 9.53 Å². The zero-order chi connectivity index (χ0) is 13.0. The van der Waals surface area contributed by atoms with Crippen LogP contribution in [0.3, 0.4) is 0 Å². The van der Waals surface area contributed by atoms with Gasteiger partial charge in [-0.15, -0.1) is 0 Å². The topological polar surface area (TPSA) is 75.6 Å². The highest BCUT2D eigenvalue weighted by Gasteiger charge is 2.16. The fourth-order valence-electron chi connectivity index (χ4n) is 1.14. The second-order valence-electron chi connectivity index (χ2n) is 3.10. The molecule has 0 bridgehead atoms. The standard InChI is InChI=1S/C10H9F2NO4/c1-17-4-9(14)13-8-3-7(12)6(11)2-5(8)10(15)16/h2-3H,4H2,1H3,(H,13,14)(H,15,16). The van der Waals surface area contributed by atoms with Crippen molar-refractivity contribution in [3.63, 3.8) is 0 Å². The number of anilines is 1. The number of hydrogen-bond acceptors (Lipinski definition) is 3. The van der Waals surface area contributed by atoms with Crippen molar-refractivity contribution < 1.29 is 28.2 Å². The number of halogens is 2. The van der Waals surface area contributed by atoms with Crippen molar-refractivity contribution in [3.8, 4) is 0 Å². The number of amides is 1. The van der Waals surface area contributed by atoms with E-state index in [0.717, 1.165) is 0 Å². The summed E-state index contributed by atoms with van der Waals surface area (Å²) in [5.41, 5.74) is -0.855. The Hall–Kier alpha value is -2.02. The second kappa shape index (κ2) is 5.35. The van der Waals surface area contributed by atoms with Crippen LogP contribution in [0.25, 0.3) is 0 Å². The first-order valence-electron chi connectivity index (χ1n) is 4.46. The lowest BCUT2D eigenvalue weighted by Gasteiger charge is -2.08. The molecule has 1 amide bonds. The monoisotopic (exact) mass is 245 g/mol. The van der Waals surface area contributed by atoms with Crippen molar-refractivity contribution >= 4 is 17.6 Å². The quantitative estimate of drug-likeness (QED) is 0.837. The average molecular weight is 245 g/mol. The minimum atomic E-state index is -1.48.